The van der Waals surface area contributed by atoms with Crippen molar-refractivity contribution in [2.45, 2.75) is 111 Å². The van der Waals surface area contributed by atoms with Gasteiger partial charge in [-0.2, -0.15) is 0 Å². The maximum Gasteiger partial charge on any atom is 0.338 e. The number of benzene rings is 1. The number of ether oxygens (including phenoxy) is 1. The van der Waals surface area contributed by atoms with E-state index in [2.05, 4.69) is 12.2 Å². The number of hydrogen-bond donors (Lipinski definition) is 1. The van der Waals surface area contributed by atoms with Gasteiger partial charge >= 0.3 is 5.97 Å². The molecule has 1 N–H and O–H groups in total. The summed E-state index contributed by atoms with van der Waals surface area (Å²) < 4.78 is 5.05. The Morgan fingerprint density at radius 2 is 1.31 bits per heavy atom. The van der Waals surface area contributed by atoms with Crippen LogP contribution in [0.1, 0.15) is 120 Å². The van der Waals surface area contributed by atoms with Crippen LogP contribution in [0.3, 0.4) is 0 Å². The number of aryl methyl sites for hydroxylation is 1. The summed E-state index contributed by atoms with van der Waals surface area (Å²) in [7, 11) is 0. The fourth-order valence-electron chi connectivity index (χ4n) is 3.75. The molecule has 0 atom stereocenters. The molecule has 0 aliphatic heterocycles. The monoisotopic (exact) mass is 403 g/mol. The van der Waals surface area contributed by atoms with E-state index in [-0.39, 0.29) is 5.97 Å². The highest BCUT2D eigenvalue weighted by molar-refractivity contribution is 5.90. The molecule has 0 spiro atoms. The lowest BCUT2D eigenvalue weighted by Crippen LogP contribution is -2.07. The number of carbonyl (C=O) groups is 1. The average molecular weight is 404 g/mol. The van der Waals surface area contributed by atoms with E-state index in [0.717, 1.165) is 17.8 Å². The molecule has 0 aliphatic carbocycles. The predicted octanol–water partition coefficient (Wildman–Crippen LogP) is 8.06. The summed E-state index contributed by atoms with van der Waals surface area (Å²) in [6, 6.07) is 5.75. The van der Waals surface area contributed by atoms with Gasteiger partial charge < -0.3 is 10.1 Å². The molecule has 0 radical (unpaired) electrons. The second-order valence-electron chi connectivity index (χ2n) is 8.27. The van der Waals surface area contributed by atoms with Crippen molar-refractivity contribution in [3.8, 4) is 0 Å². The molecule has 29 heavy (non-hydrogen) atoms. The molecule has 3 heteroatoms. The summed E-state index contributed by atoms with van der Waals surface area (Å²) in [4.78, 5) is 11.8. The summed E-state index contributed by atoms with van der Waals surface area (Å²) in [6.07, 6.45) is 19.4. The Morgan fingerprint density at radius 1 is 0.793 bits per heavy atom. The van der Waals surface area contributed by atoms with E-state index in [1.807, 2.05) is 32.0 Å². The molecule has 3 nitrogen and oxygen atoms in total. The molecular weight excluding hydrogens is 358 g/mol. The Kier molecular flexibility index (Phi) is 15.3. The maximum absolute atomic E-state index is 11.8. The van der Waals surface area contributed by atoms with Gasteiger partial charge in [0, 0.05) is 12.2 Å². The molecule has 0 aromatic heterocycles. The van der Waals surface area contributed by atoms with Gasteiger partial charge in [0.25, 0.3) is 0 Å². The Balaban J connectivity index is 1.96. The van der Waals surface area contributed by atoms with Crippen molar-refractivity contribution in [2.75, 3.05) is 18.5 Å². The van der Waals surface area contributed by atoms with Crippen LogP contribution in [-0.2, 0) is 4.74 Å². The highest BCUT2D eigenvalue weighted by atomic mass is 16.5. The Bertz CT molecular complexity index is 542. The molecule has 0 fully saturated rings. The number of rotatable bonds is 18. The third kappa shape index (κ3) is 12.6. The normalized spacial score (nSPS) is 10.9. The molecule has 1 rings (SSSR count). The van der Waals surface area contributed by atoms with Gasteiger partial charge in [-0.1, -0.05) is 90.4 Å². The van der Waals surface area contributed by atoms with E-state index >= 15 is 0 Å². The summed E-state index contributed by atoms with van der Waals surface area (Å²) in [5.41, 5.74) is 2.85. The topological polar surface area (TPSA) is 38.3 Å². The van der Waals surface area contributed by atoms with E-state index in [0.29, 0.717) is 12.2 Å². The quantitative estimate of drug-likeness (QED) is 0.199. The lowest BCUT2D eigenvalue weighted by molar-refractivity contribution is 0.0526. The zero-order valence-corrected chi connectivity index (χ0v) is 19.4. The minimum atomic E-state index is -0.242. The third-order valence-corrected chi connectivity index (χ3v) is 5.58. The van der Waals surface area contributed by atoms with Crippen molar-refractivity contribution in [1.82, 2.24) is 0 Å². The van der Waals surface area contributed by atoms with Crippen molar-refractivity contribution >= 4 is 11.7 Å². The van der Waals surface area contributed by atoms with Crippen molar-refractivity contribution < 1.29 is 9.53 Å². The first-order chi connectivity index (χ1) is 14.2. The number of nitrogens with one attached hydrogen (secondary N) is 1. The van der Waals surface area contributed by atoms with Crippen molar-refractivity contribution in [1.29, 1.82) is 0 Å². The van der Waals surface area contributed by atoms with Gasteiger partial charge in [-0.3, -0.25) is 0 Å². The predicted molar refractivity (Wildman–Crippen MR) is 126 cm³/mol. The van der Waals surface area contributed by atoms with E-state index in [4.69, 9.17) is 4.74 Å². The van der Waals surface area contributed by atoms with Crippen LogP contribution in [0.2, 0.25) is 0 Å². The van der Waals surface area contributed by atoms with Crippen LogP contribution in [0.5, 0.6) is 0 Å². The molecule has 0 amide bonds. The minimum absolute atomic E-state index is 0.242. The van der Waals surface area contributed by atoms with Crippen LogP contribution in [0.4, 0.5) is 5.69 Å². The van der Waals surface area contributed by atoms with Gasteiger partial charge in [0.15, 0.2) is 0 Å². The number of esters is 1. The van der Waals surface area contributed by atoms with Crippen LogP contribution in [-0.4, -0.2) is 19.1 Å². The molecular formula is C26H45NO2. The second-order valence-corrected chi connectivity index (χ2v) is 8.27. The summed E-state index contributed by atoms with van der Waals surface area (Å²) in [6.45, 7) is 7.56. The largest absolute Gasteiger partial charge is 0.462 e. The lowest BCUT2D eigenvalue weighted by Gasteiger charge is -2.11. The molecule has 1 aromatic rings. The van der Waals surface area contributed by atoms with Crippen molar-refractivity contribution in [3.63, 3.8) is 0 Å². The molecule has 0 bridgehead atoms. The first-order valence-electron chi connectivity index (χ1n) is 12.2. The number of carbonyl (C=O) groups excluding carboxylic acids is 1. The van der Waals surface area contributed by atoms with Crippen molar-refractivity contribution in [2.24, 2.45) is 0 Å². The summed E-state index contributed by atoms with van der Waals surface area (Å²) in [5.74, 6) is -0.242. The van der Waals surface area contributed by atoms with E-state index in [1.54, 1.807) is 0 Å². The van der Waals surface area contributed by atoms with Gasteiger partial charge in [-0.15, -0.1) is 0 Å². The average Bonchev–Trinajstić information content (AvgIpc) is 2.72. The number of anilines is 1. The SMILES string of the molecule is CCCCCCCCCCCCCCCCNc1ccc(C(=O)OCC)cc1C. The summed E-state index contributed by atoms with van der Waals surface area (Å²) in [5, 5.41) is 3.50. The van der Waals surface area contributed by atoms with E-state index in [1.165, 1.54) is 89.9 Å². The van der Waals surface area contributed by atoms with E-state index < -0.39 is 0 Å². The highest BCUT2D eigenvalue weighted by Crippen LogP contribution is 2.18. The molecule has 0 heterocycles. The van der Waals surface area contributed by atoms with E-state index in [9.17, 15) is 4.79 Å². The van der Waals surface area contributed by atoms with Crippen LogP contribution in [0.25, 0.3) is 0 Å². The molecule has 0 saturated heterocycles. The van der Waals surface area contributed by atoms with Gasteiger partial charge in [0.05, 0.1) is 12.2 Å². The van der Waals surface area contributed by atoms with Crippen LogP contribution in [0.15, 0.2) is 18.2 Å². The lowest BCUT2D eigenvalue weighted by atomic mass is 10.0. The van der Waals surface area contributed by atoms with Crippen LogP contribution < -0.4 is 5.32 Å². The number of unbranched alkanes of at least 4 members (excludes halogenated alkanes) is 13. The first-order valence-corrected chi connectivity index (χ1v) is 12.2. The molecule has 0 unspecified atom stereocenters. The zero-order chi connectivity index (χ0) is 21.2. The number of hydrogen-bond acceptors (Lipinski definition) is 3. The maximum atomic E-state index is 11.8. The zero-order valence-electron chi connectivity index (χ0n) is 19.4. The molecule has 0 aliphatic rings. The van der Waals surface area contributed by atoms with Crippen LogP contribution in [0, 0.1) is 6.92 Å². The first kappa shape index (κ1) is 25.5. The standard InChI is InChI=1S/C26H45NO2/c1-4-6-7-8-9-10-11-12-13-14-15-16-17-18-21-27-25-20-19-24(22-23(25)3)26(28)29-5-2/h19-20,22,27H,4-18,21H2,1-3H3. The Labute approximate surface area is 180 Å². The Hall–Kier alpha value is -1.51. The smallest absolute Gasteiger partial charge is 0.338 e. The molecule has 166 valence electrons. The second kappa shape index (κ2) is 17.4. The van der Waals surface area contributed by atoms with Gasteiger partial charge in [-0.25, -0.2) is 4.79 Å². The minimum Gasteiger partial charge on any atom is -0.462 e. The van der Waals surface area contributed by atoms with Gasteiger partial charge in [0.2, 0.25) is 0 Å². The molecule has 0 saturated carbocycles. The highest BCUT2D eigenvalue weighted by Gasteiger charge is 2.08. The fourth-order valence-corrected chi connectivity index (χ4v) is 3.75. The van der Waals surface area contributed by atoms with Gasteiger partial charge in [0.1, 0.15) is 0 Å². The third-order valence-electron chi connectivity index (χ3n) is 5.58. The Morgan fingerprint density at radius 3 is 1.79 bits per heavy atom. The summed E-state index contributed by atoms with van der Waals surface area (Å²) >= 11 is 0. The van der Waals surface area contributed by atoms with Crippen LogP contribution >= 0.6 is 0 Å². The van der Waals surface area contributed by atoms with Crippen molar-refractivity contribution in [3.05, 3.63) is 29.3 Å². The molecule has 1 aromatic carbocycles. The van der Waals surface area contributed by atoms with Gasteiger partial charge in [-0.05, 0) is 44.0 Å². The fraction of sp³-hybridized carbons (Fsp3) is 0.731.